The van der Waals surface area contributed by atoms with Crippen LogP contribution in [-0.2, 0) is 11.2 Å². The van der Waals surface area contributed by atoms with Crippen molar-refractivity contribution in [2.24, 2.45) is 0 Å². The lowest BCUT2D eigenvalue weighted by Gasteiger charge is -2.22. The van der Waals surface area contributed by atoms with Gasteiger partial charge < -0.3 is 15.4 Å². The van der Waals surface area contributed by atoms with Gasteiger partial charge in [-0.2, -0.15) is 0 Å². The number of esters is 1. The van der Waals surface area contributed by atoms with Crippen molar-refractivity contribution < 1.29 is 9.53 Å². The van der Waals surface area contributed by atoms with E-state index >= 15 is 0 Å². The van der Waals surface area contributed by atoms with Crippen LogP contribution in [0.2, 0.25) is 0 Å². The Labute approximate surface area is 154 Å². The van der Waals surface area contributed by atoms with Gasteiger partial charge in [-0.25, -0.2) is 4.79 Å². The van der Waals surface area contributed by atoms with E-state index in [0.717, 1.165) is 34.7 Å². The summed E-state index contributed by atoms with van der Waals surface area (Å²) in [6.07, 6.45) is 9.62. The van der Waals surface area contributed by atoms with E-state index in [1.54, 1.807) is 11.3 Å². The van der Waals surface area contributed by atoms with Crippen molar-refractivity contribution in [3.63, 3.8) is 0 Å². The molecule has 0 amide bonds. The first-order valence-corrected chi connectivity index (χ1v) is 10.1. The maximum absolute atomic E-state index is 12.2. The van der Waals surface area contributed by atoms with Gasteiger partial charge >= 0.3 is 5.97 Å². The maximum Gasteiger partial charge on any atom is 0.341 e. The summed E-state index contributed by atoms with van der Waals surface area (Å²) in [6.45, 7) is 4.09. The van der Waals surface area contributed by atoms with Crippen LogP contribution in [0.4, 0.5) is 5.00 Å². The monoisotopic (exact) mass is 368 g/mol. The van der Waals surface area contributed by atoms with Crippen molar-refractivity contribution in [3.05, 3.63) is 16.0 Å². The SMILES string of the molecule is CCc1c(C)sc(NC(=S)NC2CCCCCCC2)c1C(=O)OC. The Morgan fingerprint density at radius 1 is 1.25 bits per heavy atom. The molecule has 2 rings (SSSR count). The lowest BCUT2D eigenvalue weighted by atomic mass is 9.97. The number of hydrogen-bond acceptors (Lipinski definition) is 4. The summed E-state index contributed by atoms with van der Waals surface area (Å²) in [5.74, 6) is -0.299. The third-order valence-corrected chi connectivity index (χ3v) is 5.90. The zero-order chi connectivity index (χ0) is 17.5. The number of thiocarbonyl (C=S) groups is 1. The second-order valence-corrected chi connectivity index (χ2v) is 7.96. The maximum atomic E-state index is 12.2. The molecular weight excluding hydrogens is 340 g/mol. The molecular formula is C18H28N2O2S2. The van der Waals surface area contributed by atoms with Gasteiger partial charge in [-0.3, -0.25) is 0 Å². The van der Waals surface area contributed by atoms with Crippen molar-refractivity contribution in [1.82, 2.24) is 5.32 Å². The van der Waals surface area contributed by atoms with Gasteiger partial charge in [-0.1, -0.05) is 39.0 Å². The Hall–Kier alpha value is -1.14. The van der Waals surface area contributed by atoms with E-state index in [0.29, 0.717) is 16.7 Å². The standard InChI is InChI=1S/C18H28N2O2S2/c1-4-14-12(2)24-16(15(14)17(21)22-3)20-18(23)19-13-10-8-6-5-7-9-11-13/h13H,4-11H2,1-3H3,(H2,19,20,23). The number of carbonyl (C=O) groups excluding carboxylic acids is 1. The highest BCUT2D eigenvalue weighted by Gasteiger charge is 2.22. The van der Waals surface area contributed by atoms with Crippen LogP contribution in [-0.4, -0.2) is 24.2 Å². The molecule has 0 unspecified atom stereocenters. The molecule has 1 aliphatic carbocycles. The quantitative estimate of drug-likeness (QED) is 0.590. The lowest BCUT2D eigenvalue weighted by molar-refractivity contribution is 0.0601. The fourth-order valence-corrected chi connectivity index (χ4v) is 4.81. The molecule has 1 heterocycles. The minimum absolute atomic E-state index is 0.299. The topological polar surface area (TPSA) is 50.4 Å². The van der Waals surface area contributed by atoms with Gasteiger partial charge in [0.1, 0.15) is 5.00 Å². The average molecular weight is 369 g/mol. The van der Waals surface area contributed by atoms with Crippen molar-refractivity contribution in [1.29, 1.82) is 0 Å². The predicted molar refractivity (Wildman–Crippen MR) is 105 cm³/mol. The van der Waals surface area contributed by atoms with E-state index in [9.17, 15) is 4.79 Å². The highest BCUT2D eigenvalue weighted by molar-refractivity contribution is 7.80. The molecule has 24 heavy (non-hydrogen) atoms. The number of hydrogen-bond donors (Lipinski definition) is 2. The van der Waals surface area contributed by atoms with Gasteiger partial charge in [-0.15, -0.1) is 11.3 Å². The van der Waals surface area contributed by atoms with Gasteiger partial charge in [-0.05, 0) is 44.0 Å². The highest BCUT2D eigenvalue weighted by atomic mass is 32.1. The van der Waals surface area contributed by atoms with Gasteiger partial charge in [0.25, 0.3) is 0 Å². The minimum Gasteiger partial charge on any atom is -0.465 e. The first-order valence-electron chi connectivity index (χ1n) is 8.84. The van der Waals surface area contributed by atoms with E-state index in [2.05, 4.69) is 17.6 Å². The van der Waals surface area contributed by atoms with Gasteiger partial charge in [0.05, 0.1) is 12.7 Å². The fraction of sp³-hybridized carbons (Fsp3) is 0.667. The van der Waals surface area contributed by atoms with Crippen LogP contribution in [0.15, 0.2) is 0 Å². The summed E-state index contributed by atoms with van der Waals surface area (Å²) < 4.78 is 4.96. The molecule has 0 aliphatic heterocycles. The molecule has 1 saturated carbocycles. The molecule has 0 radical (unpaired) electrons. The van der Waals surface area contributed by atoms with E-state index in [1.165, 1.54) is 39.2 Å². The Bertz CT molecular complexity index is 576. The molecule has 0 saturated heterocycles. The van der Waals surface area contributed by atoms with Crippen LogP contribution in [0, 0.1) is 6.92 Å². The Kier molecular flexibility index (Phi) is 7.49. The average Bonchev–Trinajstić information content (AvgIpc) is 2.84. The third kappa shape index (κ3) is 4.93. The largest absolute Gasteiger partial charge is 0.465 e. The summed E-state index contributed by atoms with van der Waals surface area (Å²) in [5.41, 5.74) is 1.67. The molecule has 1 aromatic rings. The molecule has 0 bridgehead atoms. The van der Waals surface area contributed by atoms with Crippen molar-refractivity contribution in [2.45, 2.75) is 71.3 Å². The smallest absolute Gasteiger partial charge is 0.341 e. The Balaban J connectivity index is 2.06. The summed E-state index contributed by atoms with van der Waals surface area (Å²) in [4.78, 5) is 13.3. The molecule has 2 N–H and O–H groups in total. The van der Waals surface area contributed by atoms with E-state index < -0.39 is 0 Å². The van der Waals surface area contributed by atoms with Crippen LogP contribution in [0.25, 0.3) is 0 Å². The van der Waals surface area contributed by atoms with Crippen LogP contribution in [0.5, 0.6) is 0 Å². The lowest BCUT2D eigenvalue weighted by Crippen LogP contribution is -2.38. The molecule has 0 aromatic carbocycles. The number of carbonyl (C=O) groups is 1. The summed E-state index contributed by atoms with van der Waals surface area (Å²) >= 11 is 7.07. The van der Waals surface area contributed by atoms with Crippen LogP contribution in [0.3, 0.4) is 0 Å². The van der Waals surface area contributed by atoms with Gasteiger partial charge in [0, 0.05) is 10.9 Å². The first kappa shape index (κ1) is 19.2. The molecule has 4 nitrogen and oxygen atoms in total. The number of ether oxygens (including phenoxy) is 1. The highest BCUT2D eigenvalue weighted by Crippen LogP contribution is 2.34. The van der Waals surface area contributed by atoms with E-state index in [-0.39, 0.29) is 5.97 Å². The Morgan fingerprint density at radius 2 is 1.88 bits per heavy atom. The molecule has 1 fully saturated rings. The van der Waals surface area contributed by atoms with Gasteiger partial charge in [0.2, 0.25) is 0 Å². The van der Waals surface area contributed by atoms with Crippen LogP contribution < -0.4 is 10.6 Å². The van der Waals surface area contributed by atoms with E-state index in [1.807, 2.05) is 6.92 Å². The zero-order valence-electron chi connectivity index (χ0n) is 14.9. The number of anilines is 1. The minimum atomic E-state index is -0.299. The zero-order valence-corrected chi connectivity index (χ0v) is 16.5. The Morgan fingerprint density at radius 3 is 2.46 bits per heavy atom. The van der Waals surface area contributed by atoms with Crippen molar-refractivity contribution in [2.75, 3.05) is 12.4 Å². The predicted octanol–water partition coefficient (Wildman–Crippen LogP) is 4.80. The number of thiophene rings is 1. The van der Waals surface area contributed by atoms with Crippen molar-refractivity contribution >= 4 is 39.6 Å². The van der Waals surface area contributed by atoms with Crippen molar-refractivity contribution in [3.8, 4) is 0 Å². The van der Waals surface area contributed by atoms with Crippen LogP contribution in [0.1, 0.15) is 72.7 Å². The second-order valence-electron chi connectivity index (χ2n) is 6.33. The van der Waals surface area contributed by atoms with E-state index in [4.69, 9.17) is 17.0 Å². The fourth-order valence-electron chi connectivity index (χ4n) is 3.34. The second kappa shape index (κ2) is 9.37. The molecule has 1 aliphatic rings. The number of methoxy groups -OCH3 is 1. The number of nitrogens with one attached hydrogen (secondary N) is 2. The number of rotatable bonds is 4. The molecule has 0 atom stereocenters. The molecule has 134 valence electrons. The van der Waals surface area contributed by atoms with Gasteiger partial charge in [0.15, 0.2) is 5.11 Å². The summed E-state index contributed by atoms with van der Waals surface area (Å²) in [7, 11) is 1.42. The molecule has 6 heteroatoms. The first-order chi connectivity index (χ1) is 11.6. The normalized spacial score (nSPS) is 16.1. The van der Waals surface area contributed by atoms with Crippen LogP contribution >= 0.6 is 23.6 Å². The molecule has 0 spiro atoms. The third-order valence-electron chi connectivity index (χ3n) is 4.62. The number of aryl methyl sites for hydroxylation is 1. The summed E-state index contributed by atoms with van der Waals surface area (Å²) in [6, 6.07) is 0.429. The molecule has 1 aromatic heterocycles. The summed E-state index contributed by atoms with van der Waals surface area (Å²) in [5, 5.41) is 8.08.